The molecule has 2 aromatic rings. The van der Waals surface area contributed by atoms with Crippen LogP contribution in [0.3, 0.4) is 0 Å². The summed E-state index contributed by atoms with van der Waals surface area (Å²) in [5.41, 5.74) is 2.49. The predicted molar refractivity (Wildman–Crippen MR) is 94.7 cm³/mol. The van der Waals surface area contributed by atoms with Crippen LogP contribution in [-0.4, -0.2) is 7.11 Å². The number of aryl methyl sites for hydroxylation is 2. The number of rotatable bonds is 3. The molecule has 0 saturated heterocycles. The van der Waals surface area contributed by atoms with E-state index in [4.69, 9.17) is 27.9 Å². The number of thiophene rings is 1. The lowest BCUT2D eigenvalue weighted by Gasteiger charge is -2.13. The molecule has 1 aliphatic rings. The monoisotopic (exact) mass is 404 g/mol. The fourth-order valence-corrected chi connectivity index (χ4v) is 5.38. The molecule has 0 saturated carbocycles. The molecule has 5 heteroatoms. The molecular weight excluding hydrogens is 391 g/mol. The number of alkyl halides is 1. The summed E-state index contributed by atoms with van der Waals surface area (Å²) in [6.07, 6.45) is 5.00. The SMILES string of the molecule is COc1cc(Cl)c(C(Br)c2cc3c(s2)CCCC3)cc1Cl. The summed E-state index contributed by atoms with van der Waals surface area (Å²) in [5.74, 6) is 0.607. The van der Waals surface area contributed by atoms with Crippen LogP contribution in [0.15, 0.2) is 18.2 Å². The van der Waals surface area contributed by atoms with Crippen LogP contribution in [0, 0.1) is 0 Å². The van der Waals surface area contributed by atoms with Crippen molar-refractivity contribution in [1.29, 1.82) is 0 Å². The molecule has 1 aromatic heterocycles. The molecule has 0 bridgehead atoms. The van der Waals surface area contributed by atoms with E-state index < -0.39 is 0 Å². The third kappa shape index (κ3) is 3.12. The third-order valence-electron chi connectivity index (χ3n) is 3.81. The minimum absolute atomic E-state index is 0.0732. The molecule has 0 amide bonds. The highest BCUT2D eigenvalue weighted by Gasteiger charge is 2.21. The fraction of sp³-hybridized carbons (Fsp3) is 0.375. The Kier molecular flexibility index (Phi) is 4.84. The zero-order valence-electron chi connectivity index (χ0n) is 11.6. The topological polar surface area (TPSA) is 9.23 Å². The van der Waals surface area contributed by atoms with Crippen LogP contribution in [0.25, 0.3) is 0 Å². The first kappa shape index (κ1) is 15.7. The van der Waals surface area contributed by atoms with Crippen LogP contribution in [0.1, 0.15) is 38.6 Å². The van der Waals surface area contributed by atoms with E-state index in [1.165, 1.54) is 41.0 Å². The molecule has 1 aliphatic carbocycles. The number of benzene rings is 1. The highest BCUT2D eigenvalue weighted by molar-refractivity contribution is 9.09. The van der Waals surface area contributed by atoms with Gasteiger partial charge >= 0.3 is 0 Å². The number of fused-ring (bicyclic) bond motifs is 1. The van der Waals surface area contributed by atoms with Crippen LogP contribution in [-0.2, 0) is 12.8 Å². The van der Waals surface area contributed by atoms with Crippen LogP contribution in [0.5, 0.6) is 5.75 Å². The van der Waals surface area contributed by atoms with E-state index in [1.807, 2.05) is 17.4 Å². The van der Waals surface area contributed by atoms with Gasteiger partial charge in [0.25, 0.3) is 0 Å². The molecule has 1 aromatic carbocycles. The van der Waals surface area contributed by atoms with Gasteiger partial charge in [-0.15, -0.1) is 11.3 Å². The van der Waals surface area contributed by atoms with Crippen molar-refractivity contribution >= 4 is 50.5 Å². The molecular formula is C16H15BrCl2OS. The molecule has 112 valence electrons. The maximum Gasteiger partial charge on any atom is 0.138 e. The van der Waals surface area contributed by atoms with Gasteiger partial charge in [-0.05, 0) is 48.9 Å². The van der Waals surface area contributed by atoms with Crippen molar-refractivity contribution in [3.05, 3.63) is 49.1 Å². The molecule has 0 aliphatic heterocycles. The second-order valence-electron chi connectivity index (χ2n) is 5.18. The van der Waals surface area contributed by atoms with Gasteiger partial charge in [0.05, 0.1) is 17.0 Å². The Balaban J connectivity index is 1.96. The largest absolute Gasteiger partial charge is 0.495 e. The van der Waals surface area contributed by atoms with Gasteiger partial charge in [0.2, 0.25) is 0 Å². The van der Waals surface area contributed by atoms with Crippen molar-refractivity contribution in [3.63, 3.8) is 0 Å². The van der Waals surface area contributed by atoms with Gasteiger partial charge in [0.1, 0.15) is 5.75 Å². The van der Waals surface area contributed by atoms with E-state index in [-0.39, 0.29) is 4.83 Å². The highest BCUT2D eigenvalue weighted by atomic mass is 79.9. The van der Waals surface area contributed by atoms with Crippen molar-refractivity contribution < 1.29 is 4.74 Å². The summed E-state index contributed by atoms with van der Waals surface area (Å²) in [4.78, 5) is 2.89. The Morgan fingerprint density at radius 1 is 1.14 bits per heavy atom. The van der Waals surface area contributed by atoms with Gasteiger partial charge in [0, 0.05) is 20.8 Å². The average molecular weight is 406 g/mol. The van der Waals surface area contributed by atoms with Crippen LogP contribution < -0.4 is 4.74 Å². The molecule has 1 heterocycles. The molecule has 0 fully saturated rings. The standard InChI is InChI=1S/C16H15BrCl2OS/c1-20-13-8-11(18)10(7-12(13)19)16(17)15-6-9-4-2-3-5-14(9)21-15/h6-8,16H,2-5H2,1H3. The maximum atomic E-state index is 6.39. The fourth-order valence-electron chi connectivity index (χ4n) is 2.69. The van der Waals surface area contributed by atoms with E-state index in [0.29, 0.717) is 15.8 Å². The second kappa shape index (κ2) is 6.49. The van der Waals surface area contributed by atoms with Gasteiger partial charge in [0.15, 0.2) is 0 Å². The Morgan fingerprint density at radius 3 is 2.62 bits per heavy atom. The van der Waals surface area contributed by atoms with Gasteiger partial charge in [-0.3, -0.25) is 0 Å². The van der Waals surface area contributed by atoms with Gasteiger partial charge in [-0.1, -0.05) is 39.1 Å². The Labute approximate surface area is 147 Å². The molecule has 3 rings (SSSR count). The van der Waals surface area contributed by atoms with Crippen molar-refractivity contribution in [3.8, 4) is 5.75 Å². The number of halogens is 3. The molecule has 1 unspecified atom stereocenters. The number of methoxy groups -OCH3 is 1. The summed E-state index contributed by atoms with van der Waals surface area (Å²) < 4.78 is 5.20. The lowest BCUT2D eigenvalue weighted by molar-refractivity contribution is 0.415. The van der Waals surface area contributed by atoms with E-state index in [0.717, 1.165) is 5.56 Å². The summed E-state index contributed by atoms with van der Waals surface area (Å²) >= 11 is 18.3. The Morgan fingerprint density at radius 2 is 1.90 bits per heavy atom. The molecule has 0 spiro atoms. The lowest BCUT2D eigenvalue weighted by atomic mass is 9.99. The van der Waals surface area contributed by atoms with Crippen molar-refractivity contribution in [2.24, 2.45) is 0 Å². The van der Waals surface area contributed by atoms with Gasteiger partial charge in [-0.25, -0.2) is 0 Å². The average Bonchev–Trinajstić information content (AvgIpc) is 2.92. The number of hydrogen-bond donors (Lipinski definition) is 0. The zero-order valence-corrected chi connectivity index (χ0v) is 15.5. The number of hydrogen-bond acceptors (Lipinski definition) is 2. The van der Waals surface area contributed by atoms with E-state index >= 15 is 0 Å². The maximum absolute atomic E-state index is 6.39. The molecule has 0 N–H and O–H groups in total. The molecule has 1 atom stereocenters. The predicted octanol–water partition coefficient (Wildman–Crippen LogP) is 6.43. The summed E-state index contributed by atoms with van der Waals surface area (Å²) in [7, 11) is 1.59. The Hall–Kier alpha value is -0.220. The summed E-state index contributed by atoms with van der Waals surface area (Å²) in [6.45, 7) is 0. The van der Waals surface area contributed by atoms with Crippen LogP contribution >= 0.6 is 50.5 Å². The summed E-state index contributed by atoms with van der Waals surface area (Å²) in [6, 6.07) is 5.98. The summed E-state index contributed by atoms with van der Waals surface area (Å²) in [5, 5.41) is 1.26. The minimum atomic E-state index is 0.0732. The first-order chi connectivity index (χ1) is 10.1. The van der Waals surface area contributed by atoms with Crippen LogP contribution in [0.4, 0.5) is 0 Å². The van der Waals surface area contributed by atoms with E-state index in [9.17, 15) is 0 Å². The lowest BCUT2D eigenvalue weighted by Crippen LogP contribution is -1.96. The normalized spacial score (nSPS) is 15.6. The van der Waals surface area contributed by atoms with Gasteiger partial charge < -0.3 is 4.74 Å². The first-order valence-corrected chi connectivity index (χ1v) is 9.37. The number of ether oxygens (including phenoxy) is 1. The molecule has 1 nitrogen and oxygen atoms in total. The second-order valence-corrected chi connectivity index (χ2v) is 8.07. The van der Waals surface area contributed by atoms with Gasteiger partial charge in [-0.2, -0.15) is 0 Å². The van der Waals surface area contributed by atoms with E-state index in [2.05, 4.69) is 22.0 Å². The molecule has 21 heavy (non-hydrogen) atoms. The first-order valence-electron chi connectivity index (χ1n) is 6.88. The van der Waals surface area contributed by atoms with Crippen molar-refractivity contribution in [2.45, 2.75) is 30.5 Å². The van der Waals surface area contributed by atoms with Crippen molar-refractivity contribution in [1.82, 2.24) is 0 Å². The smallest absolute Gasteiger partial charge is 0.138 e. The Bertz CT molecular complexity index is 645. The van der Waals surface area contributed by atoms with Crippen molar-refractivity contribution in [2.75, 3.05) is 7.11 Å². The third-order valence-corrected chi connectivity index (χ3v) is 7.02. The molecule has 0 radical (unpaired) electrons. The highest BCUT2D eigenvalue weighted by Crippen LogP contribution is 2.44. The van der Waals surface area contributed by atoms with E-state index in [1.54, 1.807) is 13.2 Å². The van der Waals surface area contributed by atoms with Crippen LogP contribution in [0.2, 0.25) is 10.0 Å². The quantitative estimate of drug-likeness (QED) is 0.534. The minimum Gasteiger partial charge on any atom is -0.495 e. The zero-order chi connectivity index (χ0) is 15.0.